The standard InChI is InChI=1S/C17H17BrClN3O3/c1-10-16(24)11(7-14(18)17(10)25-2)8-21-22-15(23)9-20-13-5-3-12(19)4-6-13/h3-8,20,24H,9H2,1-2H3,(H,22,23)/b21-8+. The van der Waals surface area contributed by atoms with Crippen molar-refractivity contribution < 1.29 is 14.6 Å². The summed E-state index contributed by atoms with van der Waals surface area (Å²) >= 11 is 9.16. The van der Waals surface area contributed by atoms with Crippen molar-refractivity contribution in [3.63, 3.8) is 0 Å². The van der Waals surface area contributed by atoms with Crippen molar-refractivity contribution in [2.75, 3.05) is 19.0 Å². The number of carbonyl (C=O) groups excluding carboxylic acids is 1. The van der Waals surface area contributed by atoms with Gasteiger partial charge in [0.05, 0.1) is 24.3 Å². The van der Waals surface area contributed by atoms with Crippen LogP contribution in [0.3, 0.4) is 0 Å². The molecule has 0 spiro atoms. The Morgan fingerprint density at radius 3 is 2.72 bits per heavy atom. The molecular weight excluding hydrogens is 410 g/mol. The number of phenols is 1. The maximum Gasteiger partial charge on any atom is 0.259 e. The van der Waals surface area contributed by atoms with Crippen LogP contribution in [0.1, 0.15) is 11.1 Å². The van der Waals surface area contributed by atoms with E-state index in [9.17, 15) is 9.90 Å². The first-order chi connectivity index (χ1) is 11.9. The molecule has 8 heteroatoms. The van der Waals surface area contributed by atoms with E-state index in [1.54, 1.807) is 37.3 Å². The largest absolute Gasteiger partial charge is 0.507 e. The highest BCUT2D eigenvalue weighted by atomic mass is 79.9. The summed E-state index contributed by atoms with van der Waals surface area (Å²) < 4.78 is 5.88. The van der Waals surface area contributed by atoms with Crippen LogP contribution in [0.2, 0.25) is 5.02 Å². The Hall–Kier alpha value is -2.25. The minimum atomic E-state index is -0.324. The fourth-order valence-electron chi connectivity index (χ4n) is 2.09. The molecule has 0 unspecified atom stereocenters. The van der Waals surface area contributed by atoms with Crippen LogP contribution in [0.5, 0.6) is 11.5 Å². The molecule has 0 fully saturated rings. The Labute approximate surface area is 159 Å². The molecular formula is C17H17BrClN3O3. The molecule has 0 saturated carbocycles. The summed E-state index contributed by atoms with van der Waals surface area (Å²) in [4.78, 5) is 11.8. The molecule has 0 heterocycles. The zero-order chi connectivity index (χ0) is 18.4. The van der Waals surface area contributed by atoms with E-state index < -0.39 is 0 Å². The van der Waals surface area contributed by atoms with Crippen molar-refractivity contribution in [2.24, 2.45) is 5.10 Å². The number of methoxy groups -OCH3 is 1. The Kier molecular flexibility index (Phi) is 6.66. The SMILES string of the molecule is COc1c(Br)cc(/C=N/NC(=O)CNc2ccc(Cl)cc2)c(O)c1C. The number of hydrogen-bond acceptors (Lipinski definition) is 5. The van der Waals surface area contributed by atoms with Crippen LogP contribution < -0.4 is 15.5 Å². The van der Waals surface area contributed by atoms with E-state index in [0.29, 0.717) is 26.4 Å². The van der Waals surface area contributed by atoms with Gasteiger partial charge in [-0.1, -0.05) is 11.6 Å². The van der Waals surface area contributed by atoms with Crippen molar-refractivity contribution in [2.45, 2.75) is 6.92 Å². The quantitative estimate of drug-likeness (QED) is 0.486. The second kappa shape index (κ2) is 8.73. The van der Waals surface area contributed by atoms with Gasteiger partial charge in [-0.2, -0.15) is 5.10 Å². The monoisotopic (exact) mass is 425 g/mol. The number of anilines is 1. The van der Waals surface area contributed by atoms with Crippen LogP contribution in [0.4, 0.5) is 5.69 Å². The number of nitrogens with zero attached hydrogens (tertiary/aromatic N) is 1. The van der Waals surface area contributed by atoms with Crippen molar-refractivity contribution in [3.05, 3.63) is 51.0 Å². The number of ether oxygens (including phenoxy) is 1. The highest BCUT2D eigenvalue weighted by molar-refractivity contribution is 9.10. The van der Waals surface area contributed by atoms with E-state index >= 15 is 0 Å². The fraction of sp³-hybridized carbons (Fsp3) is 0.176. The fourth-order valence-corrected chi connectivity index (χ4v) is 2.92. The van der Waals surface area contributed by atoms with Crippen LogP contribution >= 0.6 is 27.5 Å². The molecule has 132 valence electrons. The molecule has 1 amide bonds. The van der Waals surface area contributed by atoms with Gasteiger partial charge in [0.25, 0.3) is 5.91 Å². The summed E-state index contributed by atoms with van der Waals surface area (Å²) in [6, 6.07) is 8.66. The van der Waals surface area contributed by atoms with E-state index in [1.165, 1.54) is 13.3 Å². The molecule has 2 rings (SSSR count). The molecule has 2 aromatic rings. The summed E-state index contributed by atoms with van der Waals surface area (Å²) in [7, 11) is 1.52. The van der Waals surface area contributed by atoms with Crippen molar-refractivity contribution in [1.82, 2.24) is 5.43 Å². The van der Waals surface area contributed by atoms with Crippen molar-refractivity contribution >= 4 is 45.3 Å². The number of halogens is 2. The molecule has 0 aliphatic carbocycles. The van der Waals surface area contributed by atoms with Crippen LogP contribution in [0.25, 0.3) is 0 Å². The van der Waals surface area contributed by atoms with Gasteiger partial charge < -0.3 is 15.2 Å². The molecule has 0 aliphatic rings. The highest BCUT2D eigenvalue weighted by Gasteiger charge is 2.12. The first-order valence-corrected chi connectivity index (χ1v) is 8.47. The van der Waals surface area contributed by atoms with E-state index in [-0.39, 0.29) is 18.2 Å². The van der Waals surface area contributed by atoms with Gasteiger partial charge in [0.15, 0.2) is 0 Å². The van der Waals surface area contributed by atoms with Crippen LogP contribution in [-0.4, -0.2) is 30.9 Å². The van der Waals surface area contributed by atoms with Crippen LogP contribution in [0, 0.1) is 6.92 Å². The maximum atomic E-state index is 11.8. The number of nitrogens with one attached hydrogen (secondary N) is 2. The third kappa shape index (κ3) is 5.11. The summed E-state index contributed by atoms with van der Waals surface area (Å²) in [6.45, 7) is 1.78. The lowest BCUT2D eigenvalue weighted by Gasteiger charge is -2.11. The van der Waals surface area contributed by atoms with E-state index in [4.69, 9.17) is 16.3 Å². The average molecular weight is 427 g/mol. The molecule has 0 bridgehead atoms. The highest BCUT2D eigenvalue weighted by Crippen LogP contribution is 2.36. The number of rotatable bonds is 6. The average Bonchev–Trinajstić information content (AvgIpc) is 2.59. The lowest BCUT2D eigenvalue weighted by Crippen LogP contribution is -2.25. The predicted octanol–water partition coefficient (Wildman–Crippen LogP) is 3.69. The van der Waals surface area contributed by atoms with E-state index in [1.807, 2.05) is 0 Å². The molecule has 0 aromatic heterocycles. The number of hydrazone groups is 1. The molecule has 3 N–H and O–H groups in total. The van der Waals surface area contributed by atoms with Crippen LogP contribution in [0.15, 0.2) is 39.9 Å². The molecule has 6 nitrogen and oxygen atoms in total. The normalized spacial score (nSPS) is 10.7. The third-order valence-corrected chi connectivity index (χ3v) is 4.20. The molecule has 0 aliphatic heterocycles. The number of benzene rings is 2. The number of phenolic OH excluding ortho intramolecular Hbond substituents is 1. The van der Waals surface area contributed by atoms with Crippen molar-refractivity contribution in [3.8, 4) is 11.5 Å². The maximum absolute atomic E-state index is 11.8. The summed E-state index contributed by atoms with van der Waals surface area (Å²) in [5.74, 6) is 0.262. The van der Waals surface area contributed by atoms with Crippen LogP contribution in [-0.2, 0) is 4.79 Å². The van der Waals surface area contributed by atoms with Gasteiger partial charge in [-0.3, -0.25) is 4.79 Å². The van der Waals surface area contributed by atoms with Gasteiger partial charge in [-0.25, -0.2) is 5.43 Å². The number of aromatic hydroxyl groups is 1. The van der Waals surface area contributed by atoms with Gasteiger partial charge in [-0.05, 0) is 53.2 Å². The first kappa shape index (κ1) is 19.1. The third-order valence-electron chi connectivity index (χ3n) is 3.36. The Morgan fingerprint density at radius 2 is 2.08 bits per heavy atom. The lowest BCUT2D eigenvalue weighted by molar-refractivity contribution is -0.119. The summed E-state index contributed by atoms with van der Waals surface area (Å²) in [5, 5.41) is 17.6. The topological polar surface area (TPSA) is 83.0 Å². The Balaban J connectivity index is 1.94. The summed E-state index contributed by atoms with van der Waals surface area (Å²) in [6.07, 6.45) is 1.37. The molecule has 25 heavy (non-hydrogen) atoms. The van der Waals surface area contributed by atoms with E-state index in [0.717, 1.165) is 5.69 Å². The molecule has 2 aromatic carbocycles. The van der Waals surface area contributed by atoms with E-state index in [2.05, 4.69) is 31.8 Å². The zero-order valence-corrected chi connectivity index (χ0v) is 16.0. The van der Waals surface area contributed by atoms with Crippen molar-refractivity contribution in [1.29, 1.82) is 0 Å². The minimum absolute atomic E-state index is 0.0392. The molecule has 0 saturated heterocycles. The first-order valence-electron chi connectivity index (χ1n) is 7.29. The molecule has 0 radical (unpaired) electrons. The zero-order valence-electron chi connectivity index (χ0n) is 13.6. The Morgan fingerprint density at radius 1 is 1.40 bits per heavy atom. The van der Waals surface area contributed by atoms with Gasteiger partial charge in [-0.15, -0.1) is 0 Å². The van der Waals surface area contributed by atoms with Gasteiger partial charge in [0, 0.05) is 21.8 Å². The van der Waals surface area contributed by atoms with Gasteiger partial charge in [0.1, 0.15) is 11.5 Å². The smallest absolute Gasteiger partial charge is 0.259 e. The second-order valence-corrected chi connectivity index (χ2v) is 6.40. The molecule has 0 atom stereocenters. The summed E-state index contributed by atoms with van der Waals surface area (Å²) in [5.41, 5.74) is 4.20. The van der Waals surface area contributed by atoms with Gasteiger partial charge in [0.2, 0.25) is 0 Å². The minimum Gasteiger partial charge on any atom is -0.507 e. The Bertz CT molecular complexity index is 795. The predicted molar refractivity (Wildman–Crippen MR) is 103 cm³/mol. The number of amides is 1. The second-order valence-electron chi connectivity index (χ2n) is 5.11. The lowest BCUT2D eigenvalue weighted by atomic mass is 10.1. The number of hydrogen-bond donors (Lipinski definition) is 3. The van der Waals surface area contributed by atoms with Gasteiger partial charge >= 0.3 is 0 Å². The number of carbonyl (C=O) groups is 1.